The largest absolute Gasteiger partial charge is 0.392 e. The number of rotatable bonds is 4. The Morgan fingerprint density at radius 3 is 2.63 bits per heavy atom. The minimum absolute atomic E-state index is 0.0929. The van der Waals surface area contributed by atoms with Crippen molar-refractivity contribution in [2.75, 3.05) is 24.5 Å². The minimum Gasteiger partial charge on any atom is -0.392 e. The quantitative estimate of drug-likeness (QED) is 0.894. The van der Waals surface area contributed by atoms with E-state index in [2.05, 4.69) is 0 Å². The number of likely N-dealkylation sites (tertiary alicyclic amines) is 1. The van der Waals surface area contributed by atoms with Crippen molar-refractivity contribution in [1.82, 2.24) is 4.90 Å². The van der Waals surface area contributed by atoms with Crippen LogP contribution in [0.4, 0.5) is 5.69 Å². The van der Waals surface area contributed by atoms with Crippen LogP contribution in [0, 0.1) is 0 Å². The Morgan fingerprint density at radius 2 is 2.11 bits per heavy atom. The molecule has 4 nitrogen and oxygen atoms in total. The van der Waals surface area contributed by atoms with E-state index in [0.29, 0.717) is 13.1 Å². The van der Waals surface area contributed by atoms with Gasteiger partial charge in [0, 0.05) is 24.8 Å². The maximum absolute atomic E-state index is 12.5. The second-order valence-electron chi connectivity index (χ2n) is 5.37. The maximum Gasteiger partial charge on any atom is 0.241 e. The zero-order valence-electron chi connectivity index (χ0n) is 11.6. The molecule has 2 rings (SSSR count). The van der Waals surface area contributed by atoms with Gasteiger partial charge in [-0.2, -0.15) is 0 Å². The highest BCUT2D eigenvalue weighted by Gasteiger charge is 2.26. The number of nitrogens with zero attached hydrogens (tertiary/aromatic N) is 2. The Morgan fingerprint density at radius 1 is 1.42 bits per heavy atom. The standard InChI is InChI=1S/C15H22N2O2/c1-12(2)17(13-6-4-3-5-7-13)15(19)11-16-9-8-14(18)10-16/h3-7,12,14,18H,8-11H2,1-2H3. The second-order valence-corrected chi connectivity index (χ2v) is 5.37. The predicted molar refractivity (Wildman–Crippen MR) is 76.1 cm³/mol. The van der Waals surface area contributed by atoms with Crippen LogP contribution in [0.15, 0.2) is 30.3 Å². The molecule has 104 valence electrons. The van der Waals surface area contributed by atoms with E-state index in [4.69, 9.17) is 0 Å². The molecule has 1 atom stereocenters. The molecule has 1 unspecified atom stereocenters. The number of anilines is 1. The Kier molecular flexibility index (Phi) is 4.56. The minimum atomic E-state index is -0.281. The highest BCUT2D eigenvalue weighted by molar-refractivity contribution is 5.95. The van der Waals surface area contributed by atoms with Gasteiger partial charge in [-0.15, -0.1) is 0 Å². The lowest BCUT2D eigenvalue weighted by Gasteiger charge is -2.28. The van der Waals surface area contributed by atoms with Crippen LogP contribution in [0.25, 0.3) is 0 Å². The van der Waals surface area contributed by atoms with Gasteiger partial charge in [0.25, 0.3) is 0 Å². The summed E-state index contributed by atoms with van der Waals surface area (Å²) in [6.07, 6.45) is 0.484. The van der Waals surface area contributed by atoms with Crippen molar-refractivity contribution in [1.29, 1.82) is 0 Å². The van der Waals surface area contributed by atoms with Gasteiger partial charge in [-0.1, -0.05) is 18.2 Å². The number of carbonyl (C=O) groups is 1. The van der Waals surface area contributed by atoms with Crippen molar-refractivity contribution in [3.63, 3.8) is 0 Å². The fraction of sp³-hybridized carbons (Fsp3) is 0.533. The van der Waals surface area contributed by atoms with Gasteiger partial charge in [-0.3, -0.25) is 9.69 Å². The number of benzene rings is 1. The second kappa shape index (κ2) is 6.17. The molecule has 0 saturated carbocycles. The Labute approximate surface area is 114 Å². The average Bonchev–Trinajstić information content (AvgIpc) is 2.75. The molecule has 19 heavy (non-hydrogen) atoms. The number of aliphatic hydroxyl groups excluding tert-OH is 1. The molecule has 1 aliphatic heterocycles. The average molecular weight is 262 g/mol. The lowest BCUT2D eigenvalue weighted by Crippen LogP contribution is -2.43. The first-order valence-electron chi connectivity index (χ1n) is 6.85. The first-order valence-corrected chi connectivity index (χ1v) is 6.85. The molecular weight excluding hydrogens is 240 g/mol. The van der Waals surface area contributed by atoms with Crippen molar-refractivity contribution in [3.8, 4) is 0 Å². The van der Waals surface area contributed by atoms with Crippen molar-refractivity contribution in [2.24, 2.45) is 0 Å². The van der Waals surface area contributed by atoms with E-state index in [1.54, 1.807) is 0 Å². The number of hydrogen-bond acceptors (Lipinski definition) is 3. The SMILES string of the molecule is CC(C)N(C(=O)CN1CCC(O)C1)c1ccccc1. The van der Waals surface area contributed by atoms with Crippen molar-refractivity contribution in [3.05, 3.63) is 30.3 Å². The highest BCUT2D eigenvalue weighted by Crippen LogP contribution is 2.18. The molecule has 1 heterocycles. The molecule has 1 N–H and O–H groups in total. The monoisotopic (exact) mass is 262 g/mol. The number of amides is 1. The van der Waals surface area contributed by atoms with Gasteiger partial charge in [-0.05, 0) is 32.4 Å². The summed E-state index contributed by atoms with van der Waals surface area (Å²) in [7, 11) is 0. The summed E-state index contributed by atoms with van der Waals surface area (Å²) in [5.74, 6) is 0.0929. The molecule has 0 bridgehead atoms. The van der Waals surface area contributed by atoms with E-state index < -0.39 is 0 Å². The summed E-state index contributed by atoms with van der Waals surface area (Å²) in [6, 6.07) is 9.87. The Balaban J connectivity index is 2.05. The van der Waals surface area contributed by atoms with E-state index >= 15 is 0 Å². The van der Waals surface area contributed by atoms with E-state index in [9.17, 15) is 9.90 Å². The van der Waals surface area contributed by atoms with Gasteiger partial charge in [0.1, 0.15) is 0 Å². The molecule has 0 spiro atoms. The Hall–Kier alpha value is -1.39. The van der Waals surface area contributed by atoms with Crippen LogP contribution in [-0.2, 0) is 4.79 Å². The first kappa shape index (κ1) is 14.0. The normalized spacial score (nSPS) is 19.9. The van der Waals surface area contributed by atoms with Crippen LogP contribution < -0.4 is 4.90 Å². The summed E-state index contributed by atoms with van der Waals surface area (Å²) >= 11 is 0. The van der Waals surface area contributed by atoms with Crippen LogP contribution in [0.5, 0.6) is 0 Å². The zero-order chi connectivity index (χ0) is 13.8. The van der Waals surface area contributed by atoms with Crippen molar-refractivity contribution < 1.29 is 9.90 Å². The number of β-amino-alcohol motifs (C(OH)–C–C–N with tert-alkyl or cyclic N) is 1. The van der Waals surface area contributed by atoms with Crippen LogP contribution >= 0.6 is 0 Å². The lowest BCUT2D eigenvalue weighted by molar-refractivity contribution is -0.119. The fourth-order valence-electron chi connectivity index (χ4n) is 2.54. The molecule has 1 aromatic rings. The molecule has 1 aromatic carbocycles. The fourth-order valence-corrected chi connectivity index (χ4v) is 2.54. The molecule has 1 saturated heterocycles. The van der Waals surface area contributed by atoms with Gasteiger partial charge in [0.2, 0.25) is 5.91 Å². The number of para-hydroxylation sites is 1. The summed E-state index contributed by atoms with van der Waals surface area (Å²) in [6.45, 7) is 5.82. The van der Waals surface area contributed by atoms with Gasteiger partial charge < -0.3 is 10.0 Å². The summed E-state index contributed by atoms with van der Waals surface area (Å²) in [4.78, 5) is 16.3. The van der Waals surface area contributed by atoms with Crippen molar-refractivity contribution in [2.45, 2.75) is 32.4 Å². The third-order valence-electron chi connectivity index (χ3n) is 3.43. The number of aliphatic hydroxyl groups is 1. The van der Waals surface area contributed by atoms with E-state index in [1.807, 2.05) is 54.0 Å². The molecule has 0 aliphatic carbocycles. The molecule has 1 fully saturated rings. The summed E-state index contributed by atoms with van der Waals surface area (Å²) in [5.41, 5.74) is 0.933. The van der Waals surface area contributed by atoms with Gasteiger partial charge >= 0.3 is 0 Å². The number of hydrogen-bond donors (Lipinski definition) is 1. The van der Waals surface area contributed by atoms with Crippen LogP contribution in [0.1, 0.15) is 20.3 Å². The zero-order valence-corrected chi connectivity index (χ0v) is 11.6. The third-order valence-corrected chi connectivity index (χ3v) is 3.43. The highest BCUT2D eigenvalue weighted by atomic mass is 16.3. The molecule has 4 heteroatoms. The molecule has 0 radical (unpaired) electrons. The summed E-state index contributed by atoms with van der Waals surface area (Å²) < 4.78 is 0. The lowest BCUT2D eigenvalue weighted by atomic mass is 10.2. The molecule has 1 amide bonds. The molecule has 0 aromatic heterocycles. The van der Waals surface area contributed by atoms with E-state index in [1.165, 1.54) is 0 Å². The van der Waals surface area contributed by atoms with E-state index in [-0.39, 0.29) is 18.1 Å². The van der Waals surface area contributed by atoms with Gasteiger partial charge in [0.15, 0.2) is 0 Å². The molecule has 1 aliphatic rings. The van der Waals surface area contributed by atoms with Crippen molar-refractivity contribution >= 4 is 11.6 Å². The number of carbonyl (C=O) groups excluding carboxylic acids is 1. The smallest absolute Gasteiger partial charge is 0.241 e. The van der Waals surface area contributed by atoms with Crippen LogP contribution in [-0.4, -0.2) is 47.7 Å². The van der Waals surface area contributed by atoms with Gasteiger partial charge in [0.05, 0.1) is 12.6 Å². The van der Waals surface area contributed by atoms with Gasteiger partial charge in [-0.25, -0.2) is 0 Å². The van der Waals surface area contributed by atoms with Crippen LogP contribution in [0.2, 0.25) is 0 Å². The predicted octanol–water partition coefficient (Wildman–Crippen LogP) is 1.49. The summed E-state index contributed by atoms with van der Waals surface area (Å²) in [5, 5.41) is 9.51. The van der Waals surface area contributed by atoms with Crippen LogP contribution in [0.3, 0.4) is 0 Å². The molecular formula is C15H22N2O2. The first-order chi connectivity index (χ1) is 9.08. The third kappa shape index (κ3) is 3.55. The topological polar surface area (TPSA) is 43.8 Å². The Bertz CT molecular complexity index is 419. The maximum atomic E-state index is 12.5. The van der Waals surface area contributed by atoms with E-state index in [0.717, 1.165) is 18.7 Å².